The summed E-state index contributed by atoms with van der Waals surface area (Å²) in [4.78, 5) is 0. The van der Waals surface area contributed by atoms with Crippen LogP contribution < -0.4 is 10.5 Å². The zero-order chi connectivity index (χ0) is 13.6. The number of hydrogen-bond donors (Lipinski definition) is 2. The number of nitrogens with two attached hydrogens (primary N) is 1. The first kappa shape index (κ1) is 15.0. The maximum absolute atomic E-state index is 10.0. The third kappa shape index (κ3) is 4.31. The van der Waals surface area contributed by atoms with Crippen molar-refractivity contribution in [3.05, 3.63) is 29.3 Å². The minimum Gasteiger partial charge on any atom is -0.494 e. The van der Waals surface area contributed by atoms with Gasteiger partial charge < -0.3 is 15.6 Å². The van der Waals surface area contributed by atoms with Gasteiger partial charge in [0.15, 0.2) is 0 Å². The van der Waals surface area contributed by atoms with E-state index < -0.39 is 5.60 Å². The summed E-state index contributed by atoms with van der Waals surface area (Å²) < 4.78 is 5.67. The lowest BCUT2D eigenvalue weighted by atomic mass is 9.95. The number of aliphatic hydroxyl groups is 1. The Morgan fingerprint density at radius 1 is 1.28 bits per heavy atom. The largest absolute Gasteiger partial charge is 0.494 e. The van der Waals surface area contributed by atoms with Crippen molar-refractivity contribution in [1.82, 2.24) is 0 Å². The molecule has 102 valence electrons. The monoisotopic (exact) mass is 251 g/mol. The molecule has 0 saturated carbocycles. The van der Waals surface area contributed by atoms with Crippen molar-refractivity contribution >= 4 is 0 Å². The molecule has 1 atom stereocenters. The molecule has 0 aliphatic rings. The second-order valence-electron chi connectivity index (χ2n) is 4.98. The smallest absolute Gasteiger partial charge is 0.119 e. The lowest BCUT2D eigenvalue weighted by Gasteiger charge is -2.24. The number of aryl methyl sites for hydroxylation is 2. The molecule has 3 heteroatoms. The molecule has 1 aromatic rings. The summed E-state index contributed by atoms with van der Waals surface area (Å²) in [5.41, 5.74) is 7.33. The summed E-state index contributed by atoms with van der Waals surface area (Å²) in [6, 6.07) is 6.09. The van der Waals surface area contributed by atoms with E-state index in [4.69, 9.17) is 10.5 Å². The van der Waals surface area contributed by atoms with Crippen molar-refractivity contribution in [3.63, 3.8) is 0 Å². The first-order valence-corrected chi connectivity index (χ1v) is 6.63. The van der Waals surface area contributed by atoms with E-state index in [1.165, 1.54) is 11.1 Å². The van der Waals surface area contributed by atoms with Crippen LogP contribution in [-0.4, -0.2) is 23.9 Å². The average molecular weight is 251 g/mol. The summed E-state index contributed by atoms with van der Waals surface area (Å²) in [6.07, 6.45) is 2.19. The van der Waals surface area contributed by atoms with Crippen LogP contribution >= 0.6 is 0 Å². The molecule has 0 bridgehead atoms. The molecule has 0 heterocycles. The molecular formula is C15H25NO2. The van der Waals surface area contributed by atoms with Crippen molar-refractivity contribution in [1.29, 1.82) is 0 Å². The van der Waals surface area contributed by atoms with E-state index in [0.717, 1.165) is 12.2 Å². The molecule has 0 amide bonds. The summed E-state index contributed by atoms with van der Waals surface area (Å²) in [5.74, 6) is 0.894. The van der Waals surface area contributed by atoms with Crippen LogP contribution in [-0.2, 0) is 0 Å². The Hall–Kier alpha value is -1.06. The van der Waals surface area contributed by atoms with E-state index in [9.17, 15) is 5.11 Å². The first-order chi connectivity index (χ1) is 8.50. The lowest BCUT2D eigenvalue weighted by Crippen LogP contribution is -2.37. The standard InChI is InChI=1S/C15H25NO2/c1-4-15(17,11-16)8-5-9-18-14-7-6-12(2)13(3)10-14/h6-7,10,17H,4-5,8-9,11,16H2,1-3H3. The third-order valence-electron chi connectivity index (χ3n) is 3.57. The van der Waals surface area contributed by atoms with E-state index in [2.05, 4.69) is 19.9 Å². The van der Waals surface area contributed by atoms with Crippen molar-refractivity contribution in [2.75, 3.05) is 13.2 Å². The Morgan fingerprint density at radius 3 is 2.56 bits per heavy atom. The van der Waals surface area contributed by atoms with Gasteiger partial charge in [0.25, 0.3) is 0 Å². The molecule has 0 saturated heterocycles. The van der Waals surface area contributed by atoms with Crippen molar-refractivity contribution in [2.45, 2.75) is 45.6 Å². The normalized spacial score (nSPS) is 14.3. The topological polar surface area (TPSA) is 55.5 Å². The number of hydrogen-bond acceptors (Lipinski definition) is 3. The zero-order valence-electron chi connectivity index (χ0n) is 11.7. The average Bonchev–Trinajstić information content (AvgIpc) is 2.38. The second-order valence-corrected chi connectivity index (χ2v) is 4.98. The van der Waals surface area contributed by atoms with Crippen LogP contribution in [0.15, 0.2) is 18.2 Å². The van der Waals surface area contributed by atoms with Gasteiger partial charge in [-0.2, -0.15) is 0 Å². The van der Waals surface area contributed by atoms with Gasteiger partial charge in [0.1, 0.15) is 5.75 Å². The van der Waals surface area contributed by atoms with Gasteiger partial charge in [-0.25, -0.2) is 0 Å². The highest BCUT2D eigenvalue weighted by Gasteiger charge is 2.21. The predicted molar refractivity (Wildman–Crippen MR) is 74.9 cm³/mol. The predicted octanol–water partition coefficient (Wildman–Crippen LogP) is 2.56. The molecule has 0 spiro atoms. The number of ether oxygens (including phenoxy) is 1. The maximum Gasteiger partial charge on any atom is 0.119 e. The van der Waals surface area contributed by atoms with Crippen LogP contribution in [0.1, 0.15) is 37.3 Å². The SMILES string of the molecule is CCC(O)(CN)CCCOc1ccc(C)c(C)c1. The minimum atomic E-state index is -0.730. The summed E-state index contributed by atoms with van der Waals surface area (Å²) in [5, 5.41) is 10.0. The molecule has 0 aliphatic carbocycles. The Bertz CT molecular complexity index is 373. The van der Waals surface area contributed by atoms with E-state index in [1.54, 1.807) is 0 Å². The Balaban J connectivity index is 2.36. The summed E-state index contributed by atoms with van der Waals surface area (Å²) in [7, 11) is 0. The van der Waals surface area contributed by atoms with Crippen LogP contribution in [0, 0.1) is 13.8 Å². The zero-order valence-corrected chi connectivity index (χ0v) is 11.7. The molecule has 3 nitrogen and oxygen atoms in total. The molecule has 18 heavy (non-hydrogen) atoms. The van der Waals surface area contributed by atoms with Gasteiger partial charge in [0.2, 0.25) is 0 Å². The van der Waals surface area contributed by atoms with Gasteiger partial charge in [0.05, 0.1) is 12.2 Å². The molecule has 1 aromatic carbocycles. The summed E-state index contributed by atoms with van der Waals surface area (Å²) in [6.45, 7) is 7.04. The van der Waals surface area contributed by atoms with Gasteiger partial charge >= 0.3 is 0 Å². The van der Waals surface area contributed by atoms with Gasteiger partial charge in [0, 0.05) is 6.54 Å². The highest BCUT2D eigenvalue weighted by Crippen LogP contribution is 2.18. The Kier molecular flexibility index (Phi) is 5.63. The van der Waals surface area contributed by atoms with Gasteiger partial charge in [-0.15, -0.1) is 0 Å². The number of benzene rings is 1. The third-order valence-corrected chi connectivity index (χ3v) is 3.57. The van der Waals surface area contributed by atoms with Crippen molar-refractivity contribution < 1.29 is 9.84 Å². The Morgan fingerprint density at radius 2 is 2.00 bits per heavy atom. The molecule has 3 N–H and O–H groups in total. The second kappa shape index (κ2) is 6.76. The molecule has 1 rings (SSSR count). The maximum atomic E-state index is 10.0. The van der Waals surface area contributed by atoms with E-state index in [1.807, 2.05) is 19.1 Å². The molecule has 0 fully saturated rings. The van der Waals surface area contributed by atoms with Crippen molar-refractivity contribution in [2.24, 2.45) is 5.73 Å². The van der Waals surface area contributed by atoms with Crippen LogP contribution in [0.2, 0.25) is 0 Å². The summed E-state index contributed by atoms with van der Waals surface area (Å²) >= 11 is 0. The van der Waals surface area contributed by atoms with Gasteiger partial charge in [-0.3, -0.25) is 0 Å². The van der Waals surface area contributed by atoms with Crippen LogP contribution in [0.5, 0.6) is 5.75 Å². The molecule has 0 aliphatic heterocycles. The molecule has 0 aromatic heterocycles. The molecule has 0 radical (unpaired) electrons. The minimum absolute atomic E-state index is 0.313. The Labute approximate surface area is 110 Å². The first-order valence-electron chi connectivity index (χ1n) is 6.63. The van der Waals surface area contributed by atoms with Crippen LogP contribution in [0.4, 0.5) is 0 Å². The highest BCUT2D eigenvalue weighted by molar-refractivity contribution is 5.33. The molecule has 1 unspecified atom stereocenters. The van der Waals surface area contributed by atoms with E-state index >= 15 is 0 Å². The lowest BCUT2D eigenvalue weighted by molar-refractivity contribution is 0.0309. The fourth-order valence-electron chi connectivity index (χ4n) is 1.82. The number of rotatable bonds is 7. The fourth-order valence-corrected chi connectivity index (χ4v) is 1.82. The van der Waals surface area contributed by atoms with Crippen LogP contribution in [0.3, 0.4) is 0 Å². The quantitative estimate of drug-likeness (QED) is 0.732. The molecular weight excluding hydrogens is 226 g/mol. The van der Waals surface area contributed by atoms with Crippen molar-refractivity contribution in [3.8, 4) is 5.75 Å². The van der Waals surface area contributed by atoms with Crippen LogP contribution in [0.25, 0.3) is 0 Å². The van der Waals surface area contributed by atoms with E-state index in [0.29, 0.717) is 26.0 Å². The highest BCUT2D eigenvalue weighted by atomic mass is 16.5. The van der Waals surface area contributed by atoms with E-state index in [-0.39, 0.29) is 0 Å². The van der Waals surface area contributed by atoms with Gasteiger partial charge in [-0.05, 0) is 56.4 Å². The fraction of sp³-hybridized carbons (Fsp3) is 0.600. The van der Waals surface area contributed by atoms with Gasteiger partial charge in [-0.1, -0.05) is 13.0 Å².